The predicted octanol–water partition coefficient (Wildman–Crippen LogP) is 4.31. The van der Waals surface area contributed by atoms with Gasteiger partial charge in [0.2, 0.25) is 10.0 Å². The number of halogens is 1. The molecule has 0 atom stereocenters. The lowest BCUT2D eigenvalue weighted by atomic mass is 10.1. The Morgan fingerprint density at radius 2 is 1.79 bits per heavy atom. The lowest BCUT2D eigenvalue weighted by Crippen LogP contribution is -2.28. The van der Waals surface area contributed by atoms with E-state index < -0.39 is 20.9 Å². The number of aryl methyl sites for hydroxylation is 1. The van der Waals surface area contributed by atoms with E-state index in [0.29, 0.717) is 11.1 Å². The first-order valence-corrected chi connectivity index (χ1v) is 11.8. The number of sulfonamides is 1. The van der Waals surface area contributed by atoms with Crippen molar-refractivity contribution in [3.63, 3.8) is 0 Å². The summed E-state index contributed by atoms with van der Waals surface area (Å²) in [5.41, 5.74) is 1.75. The molecular weight excluding hydrogens is 466 g/mol. The molecule has 3 aromatic carbocycles. The second-order valence-electron chi connectivity index (χ2n) is 7.48. The predicted molar refractivity (Wildman–Crippen MR) is 126 cm³/mol. The fourth-order valence-electron chi connectivity index (χ4n) is 3.22. The van der Waals surface area contributed by atoms with Gasteiger partial charge in [0, 0.05) is 42.9 Å². The van der Waals surface area contributed by atoms with Crippen LogP contribution in [0.1, 0.15) is 27.0 Å². The minimum Gasteiger partial charge on any atom is -0.337 e. The van der Waals surface area contributed by atoms with E-state index in [9.17, 15) is 23.3 Å². The highest BCUT2D eigenvalue weighted by Crippen LogP contribution is 2.24. The highest BCUT2D eigenvalue weighted by atomic mass is 35.5. The van der Waals surface area contributed by atoms with Crippen LogP contribution >= 0.6 is 11.6 Å². The van der Waals surface area contributed by atoms with Crippen LogP contribution in [0.5, 0.6) is 0 Å². The first-order valence-electron chi connectivity index (χ1n) is 9.91. The van der Waals surface area contributed by atoms with Gasteiger partial charge in [-0.3, -0.25) is 14.9 Å². The van der Waals surface area contributed by atoms with Crippen molar-refractivity contribution in [1.29, 1.82) is 0 Å². The van der Waals surface area contributed by atoms with Crippen molar-refractivity contribution in [1.82, 2.24) is 9.62 Å². The summed E-state index contributed by atoms with van der Waals surface area (Å²) in [7, 11) is -2.36. The van der Waals surface area contributed by atoms with Gasteiger partial charge in [0.15, 0.2) is 0 Å². The summed E-state index contributed by atoms with van der Waals surface area (Å²) in [6.07, 6.45) is 0. The van der Waals surface area contributed by atoms with E-state index in [2.05, 4.69) is 4.72 Å². The van der Waals surface area contributed by atoms with Gasteiger partial charge in [0.1, 0.15) is 0 Å². The third-order valence-corrected chi connectivity index (χ3v) is 6.94. The molecule has 0 aromatic heterocycles. The monoisotopic (exact) mass is 487 g/mol. The van der Waals surface area contributed by atoms with Crippen molar-refractivity contribution in [2.75, 3.05) is 7.05 Å². The van der Waals surface area contributed by atoms with Crippen LogP contribution in [0, 0.1) is 17.0 Å². The van der Waals surface area contributed by atoms with Crippen LogP contribution in [0.15, 0.2) is 71.6 Å². The molecule has 0 fully saturated rings. The number of carbonyl (C=O) groups is 1. The van der Waals surface area contributed by atoms with E-state index in [1.165, 1.54) is 36.2 Å². The molecule has 10 heteroatoms. The average Bonchev–Trinajstić information content (AvgIpc) is 2.79. The molecule has 0 radical (unpaired) electrons. The molecule has 1 amide bonds. The molecule has 172 valence electrons. The normalized spacial score (nSPS) is 11.2. The smallest absolute Gasteiger partial charge is 0.269 e. The molecule has 1 N–H and O–H groups in total. The van der Waals surface area contributed by atoms with Gasteiger partial charge in [-0.1, -0.05) is 48.0 Å². The third-order valence-electron chi connectivity index (χ3n) is 5.03. The Hall–Kier alpha value is -3.27. The third kappa shape index (κ3) is 5.95. The van der Waals surface area contributed by atoms with Gasteiger partial charge in [-0.2, -0.15) is 0 Å². The van der Waals surface area contributed by atoms with Gasteiger partial charge in [-0.05, 0) is 41.8 Å². The van der Waals surface area contributed by atoms with Crippen molar-refractivity contribution >= 4 is 33.2 Å². The first-order chi connectivity index (χ1) is 15.6. The van der Waals surface area contributed by atoms with E-state index in [1.54, 1.807) is 19.1 Å². The fraction of sp³-hybridized carbons (Fsp3) is 0.174. The molecule has 0 aliphatic carbocycles. The summed E-state index contributed by atoms with van der Waals surface area (Å²) >= 11 is 6.14. The quantitative estimate of drug-likeness (QED) is 0.376. The Labute approximate surface area is 197 Å². The van der Waals surface area contributed by atoms with Crippen molar-refractivity contribution in [2.45, 2.75) is 24.9 Å². The highest BCUT2D eigenvalue weighted by Gasteiger charge is 2.21. The molecular formula is C23H22ClN3O5S. The molecule has 0 spiro atoms. The maximum absolute atomic E-state index is 13.0. The Morgan fingerprint density at radius 1 is 1.09 bits per heavy atom. The minimum atomic E-state index is -3.87. The van der Waals surface area contributed by atoms with Gasteiger partial charge in [-0.25, -0.2) is 13.1 Å². The number of nitrogens with one attached hydrogen (secondary N) is 1. The first kappa shape index (κ1) is 24.4. The number of non-ortho nitro benzene ring substituents is 1. The number of carbonyl (C=O) groups excluding carboxylic acids is 1. The molecule has 33 heavy (non-hydrogen) atoms. The molecule has 0 saturated heterocycles. The van der Waals surface area contributed by atoms with Gasteiger partial charge in [-0.15, -0.1) is 0 Å². The lowest BCUT2D eigenvalue weighted by molar-refractivity contribution is -0.384. The lowest BCUT2D eigenvalue weighted by Gasteiger charge is -2.19. The molecule has 0 aliphatic rings. The zero-order valence-electron chi connectivity index (χ0n) is 18.0. The van der Waals surface area contributed by atoms with Crippen LogP contribution in [0.2, 0.25) is 5.02 Å². The Balaban J connectivity index is 1.81. The number of rotatable bonds is 8. The summed E-state index contributed by atoms with van der Waals surface area (Å²) in [5, 5.41) is 11.3. The van der Waals surface area contributed by atoms with Crippen molar-refractivity contribution in [3.8, 4) is 0 Å². The van der Waals surface area contributed by atoms with Crippen molar-refractivity contribution in [3.05, 3.63) is 104 Å². The molecule has 3 aromatic rings. The molecule has 0 saturated carbocycles. The topological polar surface area (TPSA) is 110 Å². The van der Waals surface area contributed by atoms with E-state index >= 15 is 0 Å². The number of nitro benzene ring substituents is 1. The number of hydrogen-bond acceptors (Lipinski definition) is 5. The summed E-state index contributed by atoms with van der Waals surface area (Å²) in [4.78, 5) is 24.8. The zero-order chi connectivity index (χ0) is 24.2. The number of hydrogen-bond donors (Lipinski definition) is 1. The van der Waals surface area contributed by atoms with Crippen LogP contribution in [0.25, 0.3) is 0 Å². The Bertz CT molecular complexity index is 1300. The molecule has 3 rings (SSSR count). The average molecular weight is 488 g/mol. The summed E-state index contributed by atoms with van der Waals surface area (Å²) in [6.45, 7) is 1.78. The number of nitrogens with zero attached hydrogens (tertiary/aromatic N) is 2. The SMILES string of the molecule is Cc1ccc(C(=O)N(C)Cc2cc([N+](=O)[O-])ccc2Cl)cc1S(=O)(=O)NCc1ccccc1. The van der Waals surface area contributed by atoms with Crippen LogP contribution < -0.4 is 4.72 Å². The van der Waals surface area contributed by atoms with Gasteiger partial charge < -0.3 is 4.90 Å². The second kappa shape index (κ2) is 10.1. The summed E-state index contributed by atoms with van der Waals surface area (Å²) in [5.74, 6) is -0.447. The van der Waals surface area contributed by atoms with E-state index in [1.807, 2.05) is 30.3 Å². The maximum Gasteiger partial charge on any atom is 0.269 e. The largest absolute Gasteiger partial charge is 0.337 e. The van der Waals surface area contributed by atoms with Crippen molar-refractivity contribution in [2.24, 2.45) is 0 Å². The number of benzene rings is 3. The summed E-state index contributed by atoms with van der Waals surface area (Å²) < 4.78 is 28.3. The number of nitro groups is 1. The Kier molecular flexibility index (Phi) is 7.47. The van der Waals surface area contributed by atoms with Crippen LogP contribution in [-0.2, 0) is 23.1 Å². The zero-order valence-corrected chi connectivity index (χ0v) is 19.6. The van der Waals surface area contributed by atoms with Crippen LogP contribution in [-0.4, -0.2) is 31.2 Å². The van der Waals surface area contributed by atoms with Crippen LogP contribution in [0.3, 0.4) is 0 Å². The van der Waals surface area contributed by atoms with E-state index in [-0.39, 0.29) is 34.3 Å². The minimum absolute atomic E-state index is 0.00561. The van der Waals surface area contributed by atoms with Gasteiger partial charge >= 0.3 is 0 Å². The van der Waals surface area contributed by atoms with Crippen molar-refractivity contribution < 1.29 is 18.1 Å². The molecule has 0 unspecified atom stereocenters. The van der Waals surface area contributed by atoms with Gasteiger partial charge in [0.05, 0.1) is 9.82 Å². The Morgan fingerprint density at radius 3 is 2.45 bits per heavy atom. The molecule has 0 bridgehead atoms. The van der Waals surface area contributed by atoms with E-state index in [0.717, 1.165) is 5.56 Å². The molecule has 0 heterocycles. The standard InChI is InChI=1S/C23H22ClN3O5S/c1-16-8-9-18(13-22(16)33(31,32)25-14-17-6-4-3-5-7-17)23(28)26(2)15-19-12-20(27(29)30)10-11-21(19)24/h3-13,25H,14-15H2,1-2H3. The molecule has 0 aliphatic heterocycles. The van der Waals surface area contributed by atoms with Crippen LogP contribution in [0.4, 0.5) is 5.69 Å². The fourth-order valence-corrected chi connectivity index (χ4v) is 4.68. The van der Waals surface area contributed by atoms with Gasteiger partial charge in [0.25, 0.3) is 11.6 Å². The summed E-state index contributed by atoms with van der Waals surface area (Å²) in [6, 6.07) is 17.5. The number of amides is 1. The second-order valence-corrected chi connectivity index (χ2v) is 9.63. The van der Waals surface area contributed by atoms with E-state index in [4.69, 9.17) is 11.6 Å². The highest BCUT2D eigenvalue weighted by molar-refractivity contribution is 7.89. The maximum atomic E-state index is 13.0. The molecule has 8 nitrogen and oxygen atoms in total.